The molecular formula is C69H69NNaO24PS. The molecule has 7 aromatic carbocycles. The van der Waals surface area contributed by atoms with Crippen molar-refractivity contribution in [1.29, 1.82) is 0 Å². The van der Waals surface area contributed by atoms with Gasteiger partial charge in [0, 0.05) is 6.92 Å². The molecule has 25 nitrogen and oxygen atoms in total. The fourth-order valence-electron chi connectivity index (χ4n) is 9.74. The van der Waals surface area contributed by atoms with Crippen molar-refractivity contribution >= 4 is 54.2 Å². The van der Waals surface area contributed by atoms with Gasteiger partial charge in [0.05, 0.1) is 49.7 Å². The van der Waals surface area contributed by atoms with E-state index in [1.165, 1.54) is 36.4 Å². The maximum atomic E-state index is 15.6. The van der Waals surface area contributed by atoms with Crippen LogP contribution in [0.1, 0.15) is 76.9 Å². The number of phosphoric ester groups is 1. The van der Waals surface area contributed by atoms with Crippen LogP contribution >= 0.6 is 7.82 Å². The van der Waals surface area contributed by atoms with Crippen LogP contribution in [0.2, 0.25) is 0 Å². The minimum absolute atomic E-state index is 0. The molecule has 0 spiro atoms. The SMILES string of the molecule is CC(=O)O[C@@H]1[C@@H](OP(=O)(OCc2ccccc2)OCc2ccccc2)[C@H](OC[C@H](NC(=O)OCc2ccccc2)C(=O)OCc2ccccc2)OC[C@H]1O[C@@H]1O[C@H](COS(=O)(=O)[O-])[C@H](OC(=O)c2ccc(C)cc2)[C@H](OC(=O)c2ccc(C)cc2)[C@H]1OC(=O)c1ccc(C)cc1.[Na+]. The standard InChI is InChI=1S/C69H70NO24PS.Na/c1-44-25-31-52(32-26-44)63(72)91-58-57(43-87-96(78,79)80)90-68(61(93-65(74)54-35-29-46(3)30-36-54)60(58)92-64(73)53-33-27-45(2)28-34-53)89-56-42-83-67(82-41-55(66(75)81-37-48-17-9-5-10-18-48)70-69(76)84-38-49-19-11-6-12-20-49)62(59(56)88-47(4)71)94-95(77,85-39-50-21-13-7-14-22-50)86-40-51-23-15-8-16-24-51;/h5-36,55-62,67-68H,37-43H2,1-4H3,(H,70,76)(H,78,79,80);/q;+1/p-1/t55-,56+,57+,58-,59-,60-,61+,62+,67+,68+;/m0./s1. The van der Waals surface area contributed by atoms with Crippen LogP contribution in [-0.2, 0) is 116 Å². The van der Waals surface area contributed by atoms with Crippen LogP contribution in [0.3, 0.4) is 0 Å². The van der Waals surface area contributed by atoms with Gasteiger partial charge in [-0.1, -0.05) is 174 Å². The van der Waals surface area contributed by atoms with Crippen LogP contribution in [0, 0.1) is 20.8 Å². The number of phosphoric acid groups is 1. The van der Waals surface area contributed by atoms with E-state index in [4.69, 9.17) is 65.1 Å². The van der Waals surface area contributed by atoms with Crippen LogP contribution < -0.4 is 34.9 Å². The first-order chi connectivity index (χ1) is 46.1. The number of carbonyl (C=O) groups excluding carboxylic acids is 6. The maximum absolute atomic E-state index is 15.6. The van der Waals surface area contributed by atoms with Gasteiger partial charge in [-0.3, -0.25) is 22.5 Å². The molecule has 0 aromatic heterocycles. The Labute approximate surface area is 582 Å². The van der Waals surface area contributed by atoms with E-state index < -0.39 is 149 Å². The maximum Gasteiger partial charge on any atom is 1.00 e. The van der Waals surface area contributed by atoms with Gasteiger partial charge in [-0.25, -0.2) is 37.0 Å². The summed E-state index contributed by atoms with van der Waals surface area (Å²) in [5, 5.41) is 2.46. The average Bonchev–Trinajstić information content (AvgIpc) is 0.771. The van der Waals surface area contributed by atoms with Crippen molar-refractivity contribution in [2.24, 2.45) is 0 Å². The number of ether oxygens (including phenoxy) is 10. The van der Waals surface area contributed by atoms with Crippen molar-refractivity contribution in [3.8, 4) is 0 Å². The number of nitrogens with one attached hydrogen (secondary N) is 1. The minimum Gasteiger partial charge on any atom is -0.726 e. The molecule has 1 amide bonds. The molecule has 97 heavy (non-hydrogen) atoms. The van der Waals surface area contributed by atoms with E-state index in [0.717, 1.165) is 23.6 Å². The Hall–Kier alpha value is -8.02. The summed E-state index contributed by atoms with van der Waals surface area (Å²) >= 11 is 0. The molecular weight excluding hydrogens is 1310 g/mol. The second-order valence-corrected chi connectivity index (χ2v) is 24.8. The Morgan fingerprint density at radius 1 is 0.536 bits per heavy atom. The quantitative estimate of drug-likeness (QED) is 0.0131. The van der Waals surface area contributed by atoms with Crippen molar-refractivity contribution in [3.63, 3.8) is 0 Å². The molecule has 7 aromatic rings. The molecule has 10 atom stereocenters. The molecule has 2 fully saturated rings. The van der Waals surface area contributed by atoms with Gasteiger partial charge in [0.1, 0.15) is 25.4 Å². The summed E-state index contributed by atoms with van der Waals surface area (Å²) in [6.45, 7) is 2.07. The van der Waals surface area contributed by atoms with Gasteiger partial charge in [-0.2, -0.15) is 0 Å². The summed E-state index contributed by atoms with van der Waals surface area (Å²) in [5.74, 6) is -5.40. The van der Waals surface area contributed by atoms with Gasteiger partial charge in [-0.05, 0) is 79.4 Å². The predicted molar refractivity (Wildman–Crippen MR) is 336 cm³/mol. The second kappa shape index (κ2) is 36.0. The first kappa shape index (κ1) is 74.8. The molecule has 0 unspecified atom stereocenters. The van der Waals surface area contributed by atoms with Crippen molar-refractivity contribution in [1.82, 2.24) is 5.32 Å². The zero-order valence-electron chi connectivity index (χ0n) is 53.4. The number of hydrogen-bond donors (Lipinski definition) is 1. The van der Waals surface area contributed by atoms with Crippen molar-refractivity contribution in [2.75, 3.05) is 19.8 Å². The van der Waals surface area contributed by atoms with Crippen molar-refractivity contribution < 1.29 is 141 Å². The van der Waals surface area contributed by atoms with Crippen LogP contribution in [0.25, 0.3) is 0 Å². The Bertz CT molecular complexity index is 3830. The normalized spacial score (nSPS) is 20.3. The number of hydrogen-bond acceptors (Lipinski definition) is 24. The molecule has 2 heterocycles. The third-order valence-electron chi connectivity index (χ3n) is 14.7. The molecule has 9 rings (SSSR count). The number of alkyl carbamates (subject to hydrolysis) is 1. The smallest absolute Gasteiger partial charge is 0.726 e. The van der Waals surface area contributed by atoms with Crippen LogP contribution in [0.4, 0.5) is 4.79 Å². The first-order valence-corrected chi connectivity index (χ1v) is 32.9. The number of aryl methyl sites for hydroxylation is 3. The van der Waals surface area contributed by atoms with E-state index in [1.54, 1.807) is 178 Å². The molecule has 0 radical (unpaired) electrons. The molecule has 2 saturated heterocycles. The third-order valence-corrected chi connectivity index (χ3v) is 16.5. The number of rotatable bonds is 29. The summed E-state index contributed by atoms with van der Waals surface area (Å²) in [5.41, 5.74) is 4.17. The van der Waals surface area contributed by atoms with Crippen molar-refractivity contribution in [3.05, 3.63) is 250 Å². The van der Waals surface area contributed by atoms with E-state index >= 15 is 4.57 Å². The van der Waals surface area contributed by atoms with Crippen LogP contribution in [-0.4, -0.2) is 130 Å². The Kier molecular flexibility index (Phi) is 27.7. The molecule has 506 valence electrons. The number of esters is 5. The van der Waals surface area contributed by atoms with E-state index in [1.807, 2.05) is 0 Å². The van der Waals surface area contributed by atoms with Gasteiger partial charge in [0.25, 0.3) is 0 Å². The topological polar surface area (TPSA) is 318 Å². The molecule has 28 heteroatoms. The number of amides is 1. The summed E-state index contributed by atoms with van der Waals surface area (Å²) in [4.78, 5) is 84.7. The van der Waals surface area contributed by atoms with Crippen molar-refractivity contribution in [2.45, 2.75) is 115 Å². The van der Waals surface area contributed by atoms with Gasteiger partial charge in [0.2, 0.25) is 10.4 Å². The number of carbonyl (C=O) groups is 6. The van der Waals surface area contributed by atoms with E-state index in [-0.39, 0.29) is 59.5 Å². The second-order valence-electron chi connectivity index (χ2n) is 22.1. The van der Waals surface area contributed by atoms with E-state index in [0.29, 0.717) is 22.3 Å². The van der Waals surface area contributed by atoms with Gasteiger partial charge < -0.3 is 57.2 Å². The summed E-state index contributed by atoms with van der Waals surface area (Å²) < 4.78 is 137. The largest absolute Gasteiger partial charge is 1.00 e. The van der Waals surface area contributed by atoms with Crippen LogP contribution in [0.15, 0.2) is 194 Å². The Balaban J connectivity index is 0.0000120. The fourth-order valence-corrected chi connectivity index (χ4v) is 11.4. The Morgan fingerprint density at radius 2 is 0.959 bits per heavy atom. The molecule has 2 aliphatic rings. The first-order valence-electron chi connectivity index (χ1n) is 30.1. The zero-order chi connectivity index (χ0) is 68.2. The summed E-state index contributed by atoms with van der Waals surface area (Å²) in [6.07, 6.45) is -19.3. The Morgan fingerprint density at radius 3 is 1.40 bits per heavy atom. The van der Waals surface area contributed by atoms with E-state index in [2.05, 4.69) is 5.32 Å². The number of benzene rings is 7. The van der Waals surface area contributed by atoms with Gasteiger partial charge in [0.15, 0.2) is 49.1 Å². The molecule has 0 saturated carbocycles. The van der Waals surface area contributed by atoms with E-state index in [9.17, 15) is 41.7 Å². The zero-order valence-corrected chi connectivity index (χ0v) is 57.1. The molecule has 0 bridgehead atoms. The summed E-state index contributed by atoms with van der Waals surface area (Å²) in [7, 11) is -10.7. The molecule has 2 aliphatic heterocycles. The summed E-state index contributed by atoms with van der Waals surface area (Å²) in [6, 6.07) is 50.4. The third kappa shape index (κ3) is 22.8. The molecule has 1 N–H and O–H groups in total. The fraction of sp³-hybridized carbons (Fsp3) is 0.304. The van der Waals surface area contributed by atoms with Gasteiger partial charge >= 0.3 is 73.3 Å². The predicted octanol–water partition coefficient (Wildman–Crippen LogP) is 6.45. The average molecular weight is 1380 g/mol. The minimum atomic E-state index is -5.61. The van der Waals surface area contributed by atoms with Gasteiger partial charge in [-0.15, -0.1) is 0 Å². The van der Waals surface area contributed by atoms with Crippen LogP contribution in [0.5, 0.6) is 0 Å². The monoisotopic (exact) mass is 1380 g/mol. The molecule has 0 aliphatic carbocycles.